The van der Waals surface area contributed by atoms with Crippen molar-refractivity contribution in [2.45, 2.75) is 56.2 Å². The van der Waals surface area contributed by atoms with Gasteiger partial charge in [0.2, 0.25) is 5.95 Å². The van der Waals surface area contributed by atoms with E-state index in [9.17, 15) is 30.8 Å². The number of benzene rings is 3. The molecule has 1 atom stereocenters. The van der Waals surface area contributed by atoms with Crippen molar-refractivity contribution >= 4 is 21.8 Å². The first-order chi connectivity index (χ1) is 21.0. The van der Waals surface area contributed by atoms with Gasteiger partial charge in [-0.1, -0.05) is 37.3 Å². The SMILES string of the molecule is CC(C)(C)OC(=O)c1ccc(-c2cc(C(F)(F)F)ccc2[C@]2(C)CCOc3cc(S(=O)(=O)Nc4cccc(F)n4)ccc32)cc1. The predicted molar refractivity (Wildman–Crippen MR) is 160 cm³/mol. The van der Waals surface area contributed by atoms with Crippen LogP contribution in [-0.4, -0.2) is 31.6 Å². The van der Waals surface area contributed by atoms with Crippen molar-refractivity contribution in [1.29, 1.82) is 0 Å². The van der Waals surface area contributed by atoms with E-state index in [2.05, 4.69) is 9.71 Å². The topological polar surface area (TPSA) is 94.6 Å². The van der Waals surface area contributed by atoms with Crippen LogP contribution in [0.3, 0.4) is 0 Å². The Kier molecular flexibility index (Phi) is 8.15. The molecule has 0 fully saturated rings. The summed E-state index contributed by atoms with van der Waals surface area (Å²) in [5, 5.41) is 0. The van der Waals surface area contributed by atoms with Gasteiger partial charge in [0.15, 0.2) is 0 Å². The fourth-order valence-corrected chi connectivity index (χ4v) is 6.27. The van der Waals surface area contributed by atoms with Gasteiger partial charge in [-0.25, -0.2) is 18.2 Å². The van der Waals surface area contributed by atoms with E-state index in [4.69, 9.17) is 9.47 Å². The Morgan fingerprint density at radius 2 is 1.64 bits per heavy atom. The molecule has 0 amide bonds. The van der Waals surface area contributed by atoms with Gasteiger partial charge in [-0.2, -0.15) is 17.6 Å². The van der Waals surface area contributed by atoms with E-state index in [1.165, 1.54) is 42.5 Å². The summed E-state index contributed by atoms with van der Waals surface area (Å²) >= 11 is 0. The number of pyridine rings is 1. The standard InChI is InChI=1S/C33H30F4N2O5S/c1-31(2,3)44-30(40)21-10-8-20(9-11-21)24-18-22(33(35,36)37)12-14-25(24)32(4)16-17-43-27-19-23(13-15-26(27)32)45(41,42)39-29-7-5-6-28(34)38-29/h5-15,18-19H,16-17H2,1-4H3,(H,38,39)/t32-/m0/s1. The molecule has 236 valence electrons. The number of halogens is 4. The van der Waals surface area contributed by atoms with Gasteiger partial charge in [0.05, 0.1) is 22.6 Å². The second-order valence-electron chi connectivity index (χ2n) is 11.9. The zero-order chi connectivity index (χ0) is 32.8. The Hall–Kier alpha value is -4.45. The van der Waals surface area contributed by atoms with E-state index in [-0.39, 0.29) is 28.6 Å². The zero-order valence-electron chi connectivity index (χ0n) is 24.8. The van der Waals surface area contributed by atoms with Gasteiger partial charge in [0.25, 0.3) is 10.0 Å². The van der Waals surface area contributed by atoms with Crippen LogP contribution in [0.5, 0.6) is 5.75 Å². The van der Waals surface area contributed by atoms with Gasteiger partial charge < -0.3 is 9.47 Å². The molecule has 0 bridgehead atoms. The number of carbonyl (C=O) groups is 1. The largest absolute Gasteiger partial charge is 0.493 e. The number of rotatable bonds is 6. The molecular weight excluding hydrogens is 612 g/mol. The lowest BCUT2D eigenvalue weighted by Crippen LogP contribution is -2.32. The number of ether oxygens (including phenoxy) is 2. The summed E-state index contributed by atoms with van der Waals surface area (Å²) in [6.45, 7) is 7.22. The third-order valence-electron chi connectivity index (χ3n) is 7.44. The summed E-state index contributed by atoms with van der Waals surface area (Å²) in [5.41, 5.74) is -0.328. The molecule has 2 heterocycles. The summed E-state index contributed by atoms with van der Waals surface area (Å²) < 4.78 is 94.8. The number of carbonyl (C=O) groups excluding carboxylic acids is 1. The number of hydrogen-bond donors (Lipinski definition) is 1. The zero-order valence-corrected chi connectivity index (χ0v) is 25.6. The molecule has 1 aliphatic heterocycles. The Labute approximate surface area is 258 Å². The fraction of sp³-hybridized carbons (Fsp3) is 0.273. The highest BCUT2D eigenvalue weighted by molar-refractivity contribution is 7.92. The van der Waals surface area contributed by atoms with Crippen LogP contribution in [-0.2, 0) is 26.4 Å². The molecule has 1 aliphatic rings. The number of alkyl halides is 3. The molecule has 3 aromatic carbocycles. The highest BCUT2D eigenvalue weighted by atomic mass is 32.2. The molecule has 7 nitrogen and oxygen atoms in total. The number of fused-ring (bicyclic) bond motifs is 1. The first kappa shape index (κ1) is 32.0. The number of sulfonamides is 1. The van der Waals surface area contributed by atoms with Gasteiger partial charge in [-0.05, 0) is 86.3 Å². The van der Waals surface area contributed by atoms with Crippen molar-refractivity contribution in [2.24, 2.45) is 0 Å². The van der Waals surface area contributed by atoms with E-state index in [0.29, 0.717) is 28.7 Å². The van der Waals surface area contributed by atoms with Crippen LogP contribution in [0.2, 0.25) is 0 Å². The van der Waals surface area contributed by atoms with Crippen molar-refractivity contribution in [3.05, 3.63) is 107 Å². The quantitative estimate of drug-likeness (QED) is 0.131. The predicted octanol–water partition coefficient (Wildman–Crippen LogP) is 7.75. The average Bonchev–Trinajstić information content (AvgIpc) is 2.95. The van der Waals surface area contributed by atoms with Gasteiger partial charge >= 0.3 is 12.1 Å². The monoisotopic (exact) mass is 642 g/mol. The van der Waals surface area contributed by atoms with Crippen molar-refractivity contribution in [1.82, 2.24) is 4.98 Å². The Morgan fingerprint density at radius 1 is 0.956 bits per heavy atom. The van der Waals surface area contributed by atoms with Crippen molar-refractivity contribution in [3.63, 3.8) is 0 Å². The summed E-state index contributed by atoms with van der Waals surface area (Å²) in [7, 11) is -4.18. The first-order valence-electron chi connectivity index (χ1n) is 13.9. The van der Waals surface area contributed by atoms with Gasteiger partial charge in [-0.3, -0.25) is 4.72 Å². The molecule has 45 heavy (non-hydrogen) atoms. The minimum absolute atomic E-state index is 0.157. The molecule has 1 N–H and O–H groups in total. The molecule has 12 heteroatoms. The van der Waals surface area contributed by atoms with Crippen LogP contribution >= 0.6 is 0 Å². The lowest BCUT2D eigenvalue weighted by Gasteiger charge is -2.38. The molecule has 0 spiro atoms. The molecule has 0 aliphatic carbocycles. The molecule has 0 saturated carbocycles. The Balaban J connectivity index is 1.57. The van der Waals surface area contributed by atoms with Crippen LogP contribution in [0.15, 0.2) is 83.8 Å². The maximum Gasteiger partial charge on any atom is 0.416 e. The van der Waals surface area contributed by atoms with Gasteiger partial charge in [-0.15, -0.1) is 0 Å². The summed E-state index contributed by atoms with van der Waals surface area (Å²) in [6.07, 6.45) is -4.23. The van der Waals surface area contributed by atoms with Crippen LogP contribution in [0.25, 0.3) is 11.1 Å². The van der Waals surface area contributed by atoms with Crippen molar-refractivity contribution in [3.8, 4) is 16.9 Å². The molecule has 5 rings (SSSR count). The molecule has 0 unspecified atom stereocenters. The maximum atomic E-state index is 13.9. The first-order valence-corrected chi connectivity index (χ1v) is 15.4. The Morgan fingerprint density at radius 3 is 2.29 bits per heavy atom. The van der Waals surface area contributed by atoms with E-state index in [0.717, 1.165) is 18.2 Å². The minimum Gasteiger partial charge on any atom is -0.493 e. The number of aromatic nitrogens is 1. The normalized spacial score (nSPS) is 16.8. The second kappa shape index (κ2) is 11.5. The van der Waals surface area contributed by atoms with E-state index < -0.39 is 44.7 Å². The number of nitrogens with zero attached hydrogens (tertiary/aromatic N) is 1. The number of nitrogens with one attached hydrogen (secondary N) is 1. The maximum absolute atomic E-state index is 13.9. The fourth-order valence-electron chi connectivity index (χ4n) is 5.25. The van der Waals surface area contributed by atoms with Crippen LogP contribution < -0.4 is 9.46 Å². The van der Waals surface area contributed by atoms with Crippen LogP contribution in [0.1, 0.15) is 61.2 Å². The second-order valence-corrected chi connectivity index (χ2v) is 13.6. The highest BCUT2D eigenvalue weighted by Gasteiger charge is 2.39. The van der Waals surface area contributed by atoms with Crippen molar-refractivity contribution in [2.75, 3.05) is 11.3 Å². The smallest absolute Gasteiger partial charge is 0.416 e. The van der Waals surface area contributed by atoms with E-state index in [1.807, 2.05) is 6.92 Å². The number of hydrogen-bond acceptors (Lipinski definition) is 6. The molecule has 0 saturated heterocycles. The minimum atomic E-state index is -4.61. The molecule has 0 radical (unpaired) electrons. The molecule has 4 aromatic rings. The lowest BCUT2D eigenvalue weighted by molar-refractivity contribution is -0.137. The summed E-state index contributed by atoms with van der Waals surface area (Å²) in [6, 6.07) is 17.6. The number of anilines is 1. The third kappa shape index (κ3) is 6.80. The molecule has 1 aromatic heterocycles. The Bertz CT molecular complexity index is 1870. The van der Waals surface area contributed by atoms with Gasteiger partial charge in [0.1, 0.15) is 17.2 Å². The van der Waals surface area contributed by atoms with Crippen LogP contribution in [0.4, 0.5) is 23.4 Å². The molecular formula is C33H30F4N2O5S. The number of esters is 1. The van der Waals surface area contributed by atoms with Gasteiger partial charge in [0, 0.05) is 17.0 Å². The highest BCUT2D eigenvalue weighted by Crippen LogP contribution is 2.48. The van der Waals surface area contributed by atoms with Crippen molar-refractivity contribution < 1.29 is 40.2 Å². The average molecular weight is 643 g/mol. The third-order valence-corrected chi connectivity index (χ3v) is 8.80. The van der Waals surface area contributed by atoms with Crippen LogP contribution in [0, 0.1) is 5.95 Å². The summed E-state index contributed by atoms with van der Waals surface area (Å²) in [5.74, 6) is -1.38. The lowest BCUT2D eigenvalue weighted by atomic mass is 9.70. The summed E-state index contributed by atoms with van der Waals surface area (Å²) in [4.78, 5) is 15.9. The van der Waals surface area contributed by atoms with E-state index >= 15 is 0 Å². The van der Waals surface area contributed by atoms with E-state index in [1.54, 1.807) is 39.0 Å².